The van der Waals surface area contributed by atoms with Crippen LogP contribution in [0, 0.1) is 12.7 Å². The predicted octanol–water partition coefficient (Wildman–Crippen LogP) is 3.68. The quantitative estimate of drug-likeness (QED) is 0.885. The summed E-state index contributed by atoms with van der Waals surface area (Å²) < 4.78 is 13.0. The van der Waals surface area contributed by atoms with Gasteiger partial charge in [0, 0.05) is 23.0 Å². The molecule has 2 rings (SSSR count). The van der Waals surface area contributed by atoms with Crippen LogP contribution in [0.1, 0.15) is 37.4 Å². The first-order chi connectivity index (χ1) is 9.76. The maximum Gasteiger partial charge on any atom is 0.123 e. The summed E-state index contributed by atoms with van der Waals surface area (Å²) in [7, 11) is 0. The summed E-state index contributed by atoms with van der Waals surface area (Å²) in [5.74, 6) is -0.243. The first kappa shape index (κ1) is 16.1. The lowest BCUT2D eigenvalue weighted by Gasteiger charge is -2.21. The fourth-order valence-corrected chi connectivity index (χ4v) is 3.12. The standard InChI is InChI=1S/C16H21FN2OS/c1-10(18-9-16(3,4)20)14-11(2)19-15(21-14)12-5-7-13(17)8-6-12/h5-8,10,18,20H,9H2,1-4H3. The van der Waals surface area contributed by atoms with Gasteiger partial charge in [-0.05, 0) is 52.0 Å². The third-order valence-electron chi connectivity index (χ3n) is 3.16. The van der Waals surface area contributed by atoms with Gasteiger partial charge >= 0.3 is 0 Å². The van der Waals surface area contributed by atoms with E-state index in [0.717, 1.165) is 21.1 Å². The summed E-state index contributed by atoms with van der Waals surface area (Å²) in [6.45, 7) is 8.09. The highest BCUT2D eigenvalue weighted by Crippen LogP contribution is 2.31. The van der Waals surface area contributed by atoms with E-state index in [9.17, 15) is 9.50 Å². The van der Waals surface area contributed by atoms with E-state index in [2.05, 4.69) is 17.2 Å². The summed E-state index contributed by atoms with van der Waals surface area (Å²) in [5.41, 5.74) is 1.15. The Balaban J connectivity index is 2.17. The van der Waals surface area contributed by atoms with Crippen molar-refractivity contribution in [3.05, 3.63) is 40.7 Å². The Morgan fingerprint density at radius 3 is 2.52 bits per heavy atom. The van der Waals surface area contributed by atoms with Crippen LogP contribution in [0.5, 0.6) is 0 Å². The molecule has 1 atom stereocenters. The molecule has 21 heavy (non-hydrogen) atoms. The molecule has 2 aromatic rings. The Morgan fingerprint density at radius 1 is 1.33 bits per heavy atom. The Bertz CT molecular complexity index is 602. The third kappa shape index (κ3) is 4.33. The number of aryl methyl sites for hydroxylation is 1. The second-order valence-electron chi connectivity index (χ2n) is 5.89. The fraction of sp³-hybridized carbons (Fsp3) is 0.438. The molecule has 5 heteroatoms. The molecule has 0 saturated heterocycles. The summed E-state index contributed by atoms with van der Waals surface area (Å²) >= 11 is 1.60. The molecule has 0 amide bonds. The van der Waals surface area contributed by atoms with Gasteiger partial charge in [0.15, 0.2) is 0 Å². The van der Waals surface area contributed by atoms with E-state index in [-0.39, 0.29) is 11.9 Å². The number of benzene rings is 1. The van der Waals surface area contributed by atoms with Gasteiger partial charge in [0.25, 0.3) is 0 Å². The molecule has 114 valence electrons. The molecule has 0 spiro atoms. The SMILES string of the molecule is Cc1nc(-c2ccc(F)cc2)sc1C(C)NCC(C)(C)O. The van der Waals surface area contributed by atoms with Gasteiger partial charge in [-0.3, -0.25) is 0 Å². The van der Waals surface area contributed by atoms with Crippen molar-refractivity contribution in [2.24, 2.45) is 0 Å². The van der Waals surface area contributed by atoms with Crippen LogP contribution >= 0.6 is 11.3 Å². The number of hydrogen-bond donors (Lipinski definition) is 2. The molecule has 1 aromatic heterocycles. The van der Waals surface area contributed by atoms with Crippen molar-refractivity contribution < 1.29 is 9.50 Å². The molecular weight excluding hydrogens is 287 g/mol. The minimum atomic E-state index is -0.743. The molecule has 1 unspecified atom stereocenters. The van der Waals surface area contributed by atoms with Gasteiger partial charge in [0.2, 0.25) is 0 Å². The van der Waals surface area contributed by atoms with E-state index < -0.39 is 5.60 Å². The van der Waals surface area contributed by atoms with Crippen molar-refractivity contribution in [1.82, 2.24) is 10.3 Å². The second kappa shape index (κ2) is 6.22. The monoisotopic (exact) mass is 308 g/mol. The lowest BCUT2D eigenvalue weighted by molar-refractivity contribution is 0.0771. The smallest absolute Gasteiger partial charge is 0.123 e. The molecule has 0 saturated carbocycles. The number of nitrogens with zero attached hydrogens (tertiary/aromatic N) is 1. The maximum absolute atomic E-state index is 13.0. The molecule has 0 radical (unpaired) electrons. The molecule has 0 bridgehead atoms. The Labute approximate surface area is 128 Å². The van der Waals surface area contributed by atoms with Gasteiger partial charge in [-0.25, -0.2) is 9.37 Å². The highest BCUT2D eigenvalue weighted by atomic mass is 32.1. The average Bonchev–Trinajstić information content (AvgIpc) is 2.78. The molecule has 0 aliphatic rings. The number of aliphatic hydroxyl groups is 1. The largest absolute Gasteiger partial charge is 0.389 e. The zero-order valence-corrected chi connectivity index (χ0v) is 13.6. The topological polar surface area (TPSA) is 45.2 Å². The van der Waals surface area contributed by atoms with Gasteiger partial charge < -0.3 is 10.4 Å². The molecule has 0 aliphatic heterocycles. The highest BCUT2D eigenvalue weighted by molar-refractivity contribution is 7.15. The zero-order chi connectivity index (χ0) is 15.6. The minimum absolute atomic E-state index is 0.114. The second-order valence-corrected chi connectivity index (χ2v) is 6.92. The summed E-state index contributed by atoms with van der Waals surface area (Å²) in [6, 6.07) is 6.49. The van der Waals surface area contributed by atoms with Crippen LogP contribution in [-0.2, 0) is 0 Å². The Hall–Kier alpha value is -1.30. The number of hydrogen-bond acceptors (Lipinski definition) is 4. The highest BCUT2D eigenvalue weighted by Gasteiger charge is 2.18. The van der Waals surface area contributed by atoms with E-state index >= 15 is 0 Å². The number of aromatic nitrogens is 1. The first-order valence-electron chi connectivity index (χ1n) is 6.95. The van der Waals surface area contributed by atoms with Crippen LogP contribution in [0.4, 0.5) is 4.39 Å². The van der Waals surface area contributed by atoms with E-state index in [1.807, 2.05) is 6.92 Å². The fourth-order valence-electron chi connectivity index (χ4n) is 2.02. The van der Waals surface area contributed by atoms with E-state index in [1.54, 1.807) is 37.3 Å². The molecule has 1 aromatic carbocycles. The minimum Gasteiger partial charge on any atom is -0.389 e. The molecule has 0 fully saturated rings. The molecular formula is C16H21FN2OS. The average molecular weight is 308 g/mol. The number of thiazole rings is 1. The van der Waals surface area contributed by atoms with Crippen molar-refractivity contribution in [1.29, 1.82) is 0 Å². The normalized spacial score (nSPS) is 13.4. The van der Waals surface area contributed by atoms with Crippen molar-refractivity contribution in [2.75, 3.05) is 6.54 Å². The van der Waals surface area contributed by atoms with Gasteiger partial charge in [0.1, 0.15) is 10.8 Å². The van der Waals surface area contributed by atoms with Crippen LogP contribution in [-0.4, -0.2) is 22.2 Å². The van der Waals surface area contributed by atoms with Gasteiger partial charge in [0.05, 0.1) is 11.3 Å². The molecule has 1 heterocycles. The molecule has 0 aliphatic carbocycles. The van der Waals surface area contributed by atoms with E-state index in [4.69, 9.17) is 0 Å². The van der Waals surface area contributed by atoms with Gasteiger partial charge in [-0.2, -0.15) is 0 Å². The van der Waals surface area contributed by atoms with Gasteiger partial charge in [-0.1, -0.05) is 0 Å². The van der Waals surface area contributed by atoms with E-state index in [1.165, 1.54) is 12.1 Å². The third-order valence-corrected chi connectivity index (χ3v) is 4.55. The number of nitrogens with one attached hydrogen (secondary N) is 1. The predicted molar refractivity (Wildman–Crippen MR) is 85.0 cm³/mol. The summed E-state index contributed by atoms with van der Waals surface area (Å²) in [5, 5.41) is 14.0. The lowest BCUT2D eigenvalue weighted by Crippen LogP contribution is -2.36. The lowest BCUT2D eigenvalue weighted by atomic mass is 10.1. The van der Waals surface area contributed by atoms with Crippen molar-refractivity contribution >= 4 is 11.3 Å². The van der Waals surface area contributed by atoms with Crippen LogP contribution in [0.2, 0.25) is 0 Å². The van der Waals surface area contributed by atoms with Crippen molar-refractivity contribution in [3.63, 3.8) is 0 Å². The molecule has 3 nitrogen and oxygen atoms in total. The van der Waals surface area contributed by atoms with Crippen molar-refractivity contribution in [3.8, 4) is 10.6 Å². The zero-order valence-electron chi connectivity index (χ0n) is 12.8. The van der Waals surface area contributed by atoms with Crippen LogP contribution in [0.15, 0.2) is 24.3 Å². The molecule has 2 N–H and O–H groups in total. The van der Waals surface area contributed by atoms with Gasteiger partial charge in [-0.15, -0.1) is 11.3 Å². The van der Waals surface area contributed by atoms with Crippen molar-refractivity contribution in [2.45, 2.75) is 39.3 Å². The van der Waals surface area contributed by atoms with E-state index in [0.29, 0.717) is 6.54 Å². The summed E-state index contributed by atoms with van der Waals surface area (Å²) in [4.78, 5) is 5.71. The Morgan fingerprint density at radius 2 is 1.95 bits per heavy atom. The summed E-state index contributed by atoms with van der Waals surface area (Å²) in [6.07, 6.45) is 0. The number of halogens is 1. The first-order valence-corrected chi connectivity index (χ1v) is 7.77. The Kier molecular flexibility index (Phi) is 4.76. The number of rotatable bonds is 5. The van der Waals surface area contributed by atoms with Crippen LogP contribution in [0.25, 0.3) is 10.6 Å². The van der Waals surface area contributed by atoms with Crippen LogP contribution < -0.4 is 5.32 Å². The van der Waals surface area contributed by atoms with Crippen LogP contribution in [0.3, 0.4) is 0 Å². The maximum atomic E-state index is 13.0.